The minimum Gasteiger partial charge on any atom is -0.363 e. The lowest BCUT2D eigenvalue weighted by Crippen LogP contribution is -2.16. The van der Waals surface area contributed by atoms with Gasteiger partial charge in [-0.3, -0.25) is 4.79 Å². The number of hydrogen-bond donors (Lipinski definition) is 0. The van der Waals surface area contributed by atoms with Crippen molar-refractivity contribution < 1.29 is 13.2 Å². The van der Waals surface area contributed by atoms with Crippen molar-refractivity contribution in [1.82, 2.24) is 9.88 Å². The van der Waals surface area contributed by atoms with Gasteiger partial charge >= 0.3 is 6.18 Å². The molecule has 0 N–H and O–H groups in total. The number of pyridine rings is 1. The topological polar surface area (TPSA) is 33.2 Å². The van der Waals surface area contributed by atoms with Crippen molar-refractivity contribution in [2.75, 3.05) is 14.1 Å². The van der Waals surface area contributed by atoms with Crippen LogP contribution in [0, 0.1) is 0 Å². The van der Waals surface area contributed by atoms with Gasteiger partial charge in [-0.15, -0.1) is 0 Å². The maximum Gasteiger partial charge on any atom is 0.419 e. The van der Waals surface area contributed by atoms with Crippen LogP contribution in [0.4, 0.5) is 13.2 Å². The van der Waals surface area contributed by atoms with Crippen molar-refractivity contribution in [3.05, 3.63) is 19.4 Å². The highest BCUT2D eigenvalue weighted by Crippen LogP contribution is 2.44. The van der Waals surface area contributed by atoms with E-state index in [1.54, 1.807) is 19.0 Å². The second-order valence-electron chi connectivity index (χ2n) is 3.95. The van der Waals surface area contributed by atoms with E-state index in [9.17, 15) is 18.0 Å². The molecule has 11 heteroatoms. The number of aromatic nitrogens is 1. The summed E-state index contributed by atoms with van der Waals surface area (Å²) in [5, 5.41) is -0.581. The number of nitrogens with zero attached hydrogens (tertiary/aromatic N) is 2. The molecule has 2 heterocycles. The van der Waals surface area contributed by atoms with Crippen LogP contribution in [0.5, 0.6) is 0 Å². The average molecular weight is 391 g/mol. The molecule has 21 heavy (non-hydrogen) atoms. The van der Waals surface area contributed by atoms with E-state index >= 15 is 0 Å². The number of thiocarbonyl (C=S) groups is 1. The lowest BCUT2D eigenvalue weighted by Gasteiger charge is -2.15. The summed E-state index contributed by atoms with van der Waals surface area (Å²) >= 11 is 12.9. The Hall–Kier alpha value is -0.420. The summed E-state index contributed by atoms with van der Waals surface area (Å²) in [6.45, 7) is 0. The quantitative estimate of drug-likeness (QED) is 0.534. The molecule has 0 bridgehead atoms. The van der Waals surface area contributed by atoms with E-state index in [0.29, 0.717) is 27.0 Å². The molecule has 0 saturated heterocycles. The molecule has 0 atom stereocenters. The van der Waals surface area contributed by atoms with Gasteiger partial charge in [0.25, 0.3) is 4.06 Å². The molecule has 0 amide bonds. The first-order valence-corrected chi connectivity index (χ1v) is 8.44. The van der Waals surface area contributed by atoms with Crippen LogP contribution in [0.1, 0.15) is 5.56 Å². The van der Waals surface area contributed by atoms with E-state index in [2.05, 4.69) is 4.98 Å². The van der Waals surface area contributed by atoms with Crippen LogP contribution in [0.25, 0.3) is 9.53 Å². The van der Waals surface area contributed by atoms with E-state index in [-0.39, 0.29) is 14.6 Å². The Bertz CT molecular complexity index is 768. The highest BCUT2D eigenvalue weighted by molar-refractivity contribution is 8.22. The number of rotatable bonds is 1. The summed E-state index contributed by atoms with van der Waals surface area (Å²) in [7, 11) is 3.32. The molecule has 2 rings (SSSR count). The molecule has 0 aromatic carbocycles. The first-order chi connectivity index (χ1) is 9.61. The van der Waals surface area contributed by atoms with Gasteiger partial charge in [0.15, 0.2) is 0 Å². The zero-order valence-electron chi connectivity index (χ0n) is 10.4. The van der Waals surface area contributed by atoms with Gasteiger partial charge in [-0.2, -0.15) is 13.2 Å². The van der Waals surface area contributed by atoms with Gasteiger partial charge in [0.05, 0.1) is 15.3 Å². The number of alkyl halides is 3. The second kappa shape index (κ2) is 5.99. The maximum absolute atomic E-state index is 13.2. The molecule has 0 unspecified atom stereocenters. The lowest BCUT2D eigenvalue weighted by atomic mass is 10.2. The molecule has 0 aliphatic rings. The van der Waals surface area contributed by atoms with Crippen molar-refractivity contribution in [3.63, 3.8) is 0 Å². The largest absolute Gasteiger partial charge is 0.419 e. The van der Waals surface area contributed by atoms with Crippen LogP contribution in [0.3, 0.4) is 0 Å². The first-order valence-electron chi connectivity index (χ1n) is 5.20. The minimum atomic E-state index is -4.67. The number of halogens is 4. The molecule has 0 aliphatic carbocycles. The molecule has 3 nitrogen and oxygen atoms in total. The van der Waals surface area contributed by atoms with Gasteiger partial charge in [-0.05, 0) is 11.8 Å². The Balaban J connectivity index is 2.71. The molecular weight excluding hydrogens is 385 g/mol. The van der Waals surface area contributed by atoms with Gasteiger partial charge in [0, 0.05) is 14.1 Å². The van der Waals surface area contributed by atoms with Crippen molar-refractivity contribution >= 4 is 72.1 Å². The van der Waals surface area contributed by atoms with Gasteiger partial charge in [-0.1, -0.05) is 46.5 Å². The molecular formula is C10H6ClF3N2OS4. The standard InChI is InChI=1S/C10H6ClF3N2OS4/c1-16(2)8(18)20-6-4(11)3(10(12,13)14)5-7(15-6)21-9(17)19-5/h1-2H3. The number of fused-ring (bicyclic) bond motifs is 1. The van der Waals surface area contributed by atoms with Crippen LogP contribution in [-0.2, 0) is 6.18 Å². The zero-order valence-corrected chi connectivity index (χ0v) is 14.5. The van der Waals surface area contributed by atoms with Crippen molar-refractivity contribution in [3.8, 4) is 0 Å². The Morgan fingerprint density at radius 3 is 2.52 bits per heavy atom. The third-order valence-corrected chi connectivity index (χ3v) is 6.41. The minimum absolute atomic E-state index is 0.0192. The average Bonchev–Trinajstić information content (AvgIpc) is 2.67. The fourth-order valence-corrected chi connectivity index (χ4v) is 4.75. The summed E-state index contributed by atoms with van der Waals surface area (Å²) in [6, 6.07) is 0. The van der Waals surface area contributed by atoms with Crippen LogP contribution < -0.4 is 4.06 Å². The smallest absolute Gasteiger partial charge is 0.363 e. The van der Waals surface area contributed by atoms with Gasteiger partial charge < -0.3 is 4.90 Å². The van der Waals surface area contributed by atoms with Gasteiger partial charge in [0.2, 0.25) is 0 Å². The van der Waals surface area contributed by atoms with Crippen molar-refractivity contribution in [2.45, 2.75) is 11.2 Å². The third kappa shape index (κ3) is 3.50. The molecule has 0 fully saturated rings. The Kier molecular flexibility index (Phi) is 4.84. The number of hydrogen-bond acceptors (Lipinski definition) is 6. The normalized spacial score (nSPS) is 11.9. The Morgan fingerprint density at radius 1 is 1.38 bits per heavy atom. The second-order valence-corrected chi connectivity index (χ2v) is 8.16. The summed E-state index contributed by atoms with van der Waals surface area (Å²) in [5.41, 5.74) is -1.03. The SMILES string of the molecule is CN(C)C(=S)Sc1nc2sc(=O)sc2c(C(F)(F)F)c1Cl. The summed E-state index contributed by atoms with van der Waals surface area (Å²) in [4.78, 5) is 17.0. The maximum atomic E-state index is 13.2. The number of thioether (sulfide) groups is 1. The fourth-order valence-electron chi connectivity index (χ4n) is 1.35. The molecule has 0 saturated carbocycles. The van der Waals surface area contributed by atoms with E-state index in [1.807, 2.05) is 0 Å². The third-order valence-electron chi connectivity index (χ3n) is 2.23. The Morgan fingerprint density at radius 2 is 2.00 bits per heavy atom. The monoisotopic (exact) mass is 390 g/mol. The molecule has 2 aromatic heterocycles. The molecule has 2 aromatic rings. The molecule has 0 spiro atoms. The highest BCUT2D eigenvalue weighted by atomic mass is 35.5. The van der Waals surface area contributed by atoms with Gasteiger partial charge in [0.1, 0.15) is 14.2 Å². The predicted octanol–water partition coefficient (Wildman–Crippen LogP) is 4.33. The molecule has 0 radical (unpaired) electrons. The molecule has 0 aliphatic heterocycles. The van der Waals surface area contributed by atoms with Crippen LogP contribution in [-0.4, -0.2) is 28.3 Å². The van der Waals surface area contributed by atoms with Crippen LogP contribution in [0.15, 0.2) is 9.82 Å². The zero-order chi connectivity index (χ0) is 15.9. The van der Waals surface area contributed by atoms with Crippen LogP contribution >= 0.6 is 58.3 Å². The summed E-state index contributed by atoms with van der Waals surface area (Å²) < 4.78 is 39.2. The highest BCUT2D eigenvalue weighted by Gasteiger charge is 2.38. The predicted molar refractivity (Wildman–Crippen MR) is 85.9 cm³/mol. The fraction of sp³-hybridized carbons (Fsp3) is 0.300. The van der Waals surface area contributed by atoms with Crippen LogP contribution in [0.2, 0.25) is 5.02 Å². The lowest BCUT2D eigenvalue weighted by molar-refractivity contribution is -0.136. The van der Waals surface area contributed by atoms with Crippen molar-refractivity contribution in [1.29, 1.82) is 0 Å². The van der Waals surface area contributed by atoms with E-state index in [0.717, 1.165) is 11.8 Å². The molecule has 114 valence electrons. The van der Waals surface area contributed by atoms with Gasteiger partial charge in [-0.25, -0.2) is 4.98 Å². The van der Waals surface area contributed by atoms with Crippen molar-refractivity contribution in [2.24, 2.45) is 0 Å². The summed E-state index contributed by atoms with van der Waals surface area (Å²) in [5.74, 6) is 0. The summed E-state index contributed by atoms with van der Waals surface area (Å²) in [6.07, 6.45) is -4.67. The van der Waals surface area contributed by atoms with E-state index in [4.69, 9.17) is 23.8 Å². The Labute approximate surface area is 139 Å². The van der Waals surface area contributed by atoms with E-state index < -0.39 is 20.8 Å². The first kappa shape index (κ1) is 16.9. The van der Waals surface area contributed by atoms with E-state index in [1.165, 1.54) is 0 Å².